The Morgan fingerprint density at radius 2 is 1.95 bits per heavy atom. The fourth-order valence-corrected chi connectivity index (χ4v) is 2.12. The molecular weight excluding hydrogens is 278 g/mol. The molecule has 2 rings (SSSR count). The van der Waals surface area contributed by atoms with Crippen LogP contribution in [0.3, 0.4) is 0 Å². The van der Waals surface area contributed by atoms with Crippen LogP contribution >= 0.6 is 0 Å². The van der Waals surface area contributed by atoms with Crippen LogP contribution in [0.2, 0.25) is 0 Å². The number of aromatic nitrogens is 2. The molecule has 116 valence electrons. The second-order valence-electron chi connectivity index (χ2n) is 4.84. The van der Waals surface area contributed by atoms with Gasteiger partial charge in [-0.2, -0.15) is 10.2 Å². The van der Waals surface area contributed by atoms with Gasteiger partial charge in [0.15, 0.2) is 5.69 Å². The van der Waals surface area contributed by atoms with Gasteiger partial charge in [0, 0.05) is 32.0 Å². The molecule has 0 unspecified atom stereocenters. The average Bonchev–Trinajstić information content (AvgIpc) is 2.96. The molecule has 1 amide bonds. The van der Waals surface area contributed by atoms with E-state index >= 15 is 0 Å². The Morgan fingerprint density at radius 1 is 1.27 bits per heavy atom. The number of carbonyl (C=O) groups excluding carboxylic acids is 1. The van der Waals surface area contributed by atoms with Gasteiger partial charge < -0.3 is 4.90 Å². The molecule has 0 atom stereocenters. The molecule has 1 aromatic heterocycles. The van der Waals surface area contributed by atoms with Gasteiger partial charge in [0.2, 0.25) is 0 Å². The Kier molecular flexibility index (Phi) is 5.30. The summed E-state index contributed by atoms with van der Waals surface area (Å²) in [5, 5.41) is 7.97. The summed E-state index contributed by atoms with van der Waals surface area (Å²) in [5.41, 5.74) is 4.92. The van der Waals surface area contributed by atoms with Crippen molar-refractivity contribution in [3.63, 3.8) is 0 Å². The van der Waals surface area contributed by atoms with Gasteiger partial charge in [-0.15, -0.1) is 0 Å². The van der Waals surface area contributed by atoms with Crippen LogP contribution in [0.25, 0.3) is 0 Å². The highest BCUT2D eigenvalue weighted by molar-refractivity contribution is 5.93. The summed E-state index contributed by atoms with van der Waals surface area (Å²) < 4.78 is 1.57. The van der Waals surface area contributed by atoms with Gasteiger partial charge in [-0.05, 0) is 37.6 Å². The normalized spacial score (nSPS) is 10.9. The van der Waals surface area contributed by atoms with E-state index in [-0.39, 0.29) is 5.91 Å². The molecule has 2 aromatic rings. The van der Waals surface area contributed by atoms with Crippen LogP contribution in [0.15, 0.2) is 41.6 Å². The Morgan fingerprint density at radius 3 is 2.50 bits per heavy atom. The lowest BCUT2D eigenvalue weighted by Crippen LogP contribution is -2.21. The third-order valence-corrected chi connectivity index (χ3v) is 3.35. The van der Waals surface area contributed by atoms with E-state index in [0.717, 1.165) is 18.7 Å². The maximum absolute atomic E-state index is 11.8. The summed E-state index contributed by atoms with van der Waals surface area (Å²) in [5.74, 6) is -0.323. The van der Waals surface area contributed by atoms with E-state index in [0.29, 0.717) is 5.69 Å². The molecule has 22 heavy (non-hydrogen) atoms. The Balaban J connectivity index is 1.94. The summed E-state index contributed by atoms with van der Waals surface area (Å²) >= 11 is 0. The summed E-state index contributed by atoms with van der Waals surface area (Å²) in [7, 11) is 1.76. The number of benzene rings is 1. The van der Waals surface area contributed by atoms with Crippen molar-refractivity contribution in [2.45, 2.75) is 13.8 Å². The number of nitrogens with zero attached hydrogens (tertiary/aromatic N) is 4. The van der Waals surface area contributed by atoms with Gasteiger partial charge in [0.1, 0.15) is 0 Å². The summed E-state index contributed by atoms with van der Waals surface area (Å²) in [6.07, 6.45) is 3.33. The van der Waals surface area contributed by atoms with Crippen LogP contribution in [-0.2, 0) is 7.05 Å². The van der Waals surface area contributed by atoms with Crippen molar-refractivity contribution in [1.82, 2.24) is 15.2 Å². The first-order chi connectivity index (χ1) is 10.6. The van der Waals surface area contributed by atoms with Crippen molar-refractivity contribution in [3.05, 3.63) is 47.8 Å². The third kappa shape index (κ3) is 3.94. The van der Waals surface area contributed by atoms with E-state index in [1.807, 2.05) is 12.1 Å². The van der Waals surface area contributed by atoms with Crippen molar-refractivity contribution in [3.8, 4) is 0 Å². The average molecular weight is 299 g/mol. The van der Waals surface area contributed by atoms with Gasteiger partial charge in [0.05, 0.1) is 6.21 Å². The maximum atomic E-state index is 11.8. The maximum Gasteiger partial charge on any atom is 0.291 e. The molecule has 1 N–H and O–H groups in total. The Hall–Kier alpha value is -2.63. The first-order valence-corrected chi connectivity index (χ1v) is 7.32. The standard InChI is InChI=1S/C16H21N5O/c1-4-21(5-2)14-8-6-13(7-9-14)12-17-18-16(22)15-10-11-20(3)19-15/h6-12H,4-5H2,1-3H3,(H,18,22)/b17-12+. The van der Waals surface area contributed by atoms with Gasteiger partial charge in [-0.25, -0.2) is 5.43 Å². The van der Waals surface area contributed by atoms with Crippen molar-refractivity contribution in [2.24, 2.45) is 12.1 Å². The van der Waals surface area contributed by atoms with Crippen LogP contribution < -0.4 is 10.3 Å². The molecule has 6 nitrogen and oxygen atoms in total. The molecule has 0 bridgehead atoms. The van der Waals surface area contributed by atoms with Crippen molar-refractivity contribution >= 4 is 17.8 Å². The van der Waals surface area contributed by atoms with E-state index in [1.165, 1.54) is 5.69 Å². The van der Waals surface area contributed by atoms with E-state index in [9.17, 15) is 4.79 Å². The number of aryl methyl sites for hydroxylation is 1. The van der Waals surface area contributed by atoms with Crippen molar-refractivity contribution < 1.29 is 4.79 Å². The lowest BCUT2D eigenvalue weighted by Gasteiger charge is -2.20. The highest BCUT2D eigenvalue weighted by Gasteiger charge is 2.06. The van der Waals surface area contributed by atoms with E-state index in [1.54, 1.807) is 30.2 Å². The number of carbonyl (C=O) groups is 1. The monoisotopic (exact) mass is 299 g/mol. The summed E-state index contributed by atoms with van der Waals surface area (Å²) in [6.45, 7) is 6.21. The van der Waals surface area contributed by atoms with Gasteiger partial charge >= 0.3 is 0 Å². The molecule has 0 fully saturated rings. The van der Waals surface area contributed by atoms with Crippen LogP contribution in [0.4, 0.5) is 5.69 Å². The van der Waals surface area contributed by atoms with E-state index in [2.05, 4.69) is 46.5 Å². The zero-order valence-corrected chi connectivity index (χ0v) is 13.2. The molecule has 0 spiro atoms. The van der Waals surface area contributed by atoms with Crippen LogP contribution in [0, 0.1) is 0 Å². The lowest BCUT2D eigenvalue weighted by molar-refractivity contribution is 0.0949. The number of rotatable bonds is 6. The van der Waals surface area contributed by atoms with Crippen LogP contribution in [-0.4, -0.2) is 35.0 Å². The van der Waals surface area contributed by atoms with Crippen molar-refractivity contribution in [1.29, 1.82) is 0 Å². The molecule has 1 heterocycles. The quantitative estimate of drug-likeness (QED) is 0.656. The molecule has 0 aliphatic rings. The number of hydrogen-bond donors (Lipinski definition) is 1. The number of hydrogen-bond acceptors (Lipinski definition) is 4. The topological polar surface area (TPSA) is 62.5 Å². The van der Waals surface area contributed by atoms with Gasteiger partial charge in [-0.3, -0.25) is 9.48 Å². The second kappa shape index (κ2) is 7.40. The summed E-state index contributed by atoms with van der Waals surface area (Å²) in [4.78, 5) is 14.0. The first-order valence-electron chi connectivity index (χ1n) is 7.32. The minimum Gasteiger partial charge on any atom is -0.372 e. The molecule has 6 heteroatoms. The second-order valence-corrected chi connectivity index (χ2v) is 4.84. The minimum absolute atomic E-state index is 0.323. The van der Waals surface area contributed by atoms with Gasteiger partial charge in [-0.1, -0.05) is 12.1 Å². The molecule has 0 saturated heterocycles. The van der Waals surface area contributed by atoms with Crippen molar-refractivity contribution in [2.75, 3.05) is 18.0 Å². The molecule has 0 aliphatic heterocycles. The van der Waals surface area contributed by atoms with E-state index in [4.69, 9.17) is 0 Å². The largest absolute Gasteiger partial charge is 0.372 e. The van der Waals surface area contributed by atoms with Gasteiger partial charge in [0.25, 0.3) is 5.91 Å². The first kappa shape index (κ1) is 15.8. The molecule has 0 saturated carbocycles. The predicted molar refractivity (Wildman–Crippen MR) is 88.3 cm³/mol. The number of amides is 1. The molecule has 1 aromatic carbocycles. The minimum atomic E-state index is -0.323. The predicted octanol–water partition coefficient (Wildman–Crippen LogP) is 2.03. The lowest BCUT2D eigenvalue weighted by atomic mass is 10.2. The van der Waals surface area contributed by atoms with Crippen LogP contribution in [0.5, 0.6) is 0 Å². The molecular formula is C16H21N5O. The smallest absolute Gasteiger partial charge is 0.291 e. The zero-order chi connectivity index (χ0) is 15.9. The van der Waals surface area contributed by atoms with E-state index < -0.39 is 0 Å². The third-order valence-electron chi connectivity index (χ3n) is 3.35. The highest BCUT2D eigenvalue weighted by atomic mass is 16.2. The Labute approximate surface area is 130 Å². The SMILES string of the molecule is CCN(CC)c1ccc(/C=N/NC(=O)c2ccn(C)n2)cc1. The number of anilines is 1. The zero-order valence-electron chi connectivity index (χ0n) is 13.2. The fourth-order valence-electron chi connectivity index (χ4n) is 2.12. The number of nitrogens with one attached hydrogen (secondary N) is 1. The number of hydrazone groups is 1. The fraction of sp³-hybridized carbons (Fsp3) is 0.312. The Bertz CT molecular complexity index is 641. The summed E-state index contributed by atoms with van der Waals surface area (Å²) in [6, 6.07) is 9.70. The molecule has 0 radical (unpaired) electrons. The highest BCUT2D eigenvalue weighted by Crippen LogP contribution is 2.13. The molecule has 0 aliphatic carbocycles. The van der Waals surface area contributed by atoms with Crippen LogP contribution in [0.1, 0.15) is 29.9 Å².